The molecule has 0 saturated heterocycles. The van der Waals surface area contributed by atoms with Crippen molar-refractivity contribution in [1.29, 1.82) is 0 Å². The summed E-state index contributed by atoms with van der Waals surface area (Å²) in [6, 6.07) is 11.4. The van der Waals surface area contributed by atoms with E-state index in [4.69, 9.17) is 14.2 Å². The van der Waals surface area contributed by atoms with Crippen LogP contribution in [-0.4, -0.2) is 19.0 Å². The second-order valence-corrected chi connectivity index (χ2v) is 5.64. The van der Waals surface area contributed by atoms with Gasteiger partial charge in [-0.15, -0.1) is 0 Å². The Morgan fingerprint density at radius 3 is 2.64 bits per heavy atom. The second kappa shape index (κ2) is 5.05. The SMILES string of the molecule is Cc1ccc2c(c1)O[C@@H](c1ccc3c(c1)OCCO3)CC2=O. The van der Waals surface area contributed by atoms with E-state index in [1.807, 2.05) is 43.3 Å². The fourth-order valence-corrected chi connectivity index (χ4v) is 2.88. The number of hydrogen-bond acceptors (Lipinski definition) is 4. The standard InChI is InChI=1S/C18H16O4/c1-11-2-4-13-14(19)10-16(22-17(13)8-11)12-3-5-15-18(9-12)21-7-6-20-15/h2-5,8-9,16H,6-7,10H2,1H3/t16-/m1/s1. The van der Waals surface area contributed by atoms with Gasteiger partial charge in [-0.1, -0.05) is 12.1 Å². The van der Waals surface area contributed by atoms with Crippen molar-refractivity contribution in [1.82, 2.24) is 0 Å². The predicted molar refractivity (Wildman–Crippen MR) is 80.9 cm³/mol. The molecule has 4 nitrogen and oxygen atoms in total. The molecule has 2 aromatic carbocycles. The number of ketones is 1. The van der Waals surface area contributed by atoms with Crippen LogP contribution in [0.1, 0.15) is 34.0 Å². The first-order chi connectivity index (χ1) is 10.7. The monoisotopic (exact) mass is 296 g/mol. The van der Waals surface area contributed by atoms with Crippen molar-refractivity contribution in [2.45, 2.75) is 19.4 Å². The molecule has 0 aromatic heterocycles. The molecule has 1 atom stereocenters. The Morgan fingerprint density at radius 1 is 0.955 bits per heavy atom. The minimum Gasteiger partial charge on any atom is -0.486 e. The lowest BCUT2D eigenvalue weighted by molar-refractivity contribution is 0.0849. The van der Waals surface area contributed by atoms with Gasteiger partial charge < -0.3 is 14.2 Å². The van der Waals surface area contributed by atoms with Crippen LogP contribution in [0.4, 0.5) is 0 Å². The molecule has 0 amide bonds. The lowest BCUT2D eigenvalue weighted by Gasteiger charge is -2.27. The van der Waals surface area contributed by atoms with E-state index in [9.17, 15) is 4.79 Å². The van der Waals surface area contributed by atoms with Gasteiger partial charge in [-0.3, -0.25) is 4.79 Å². The van der Waals surface area contributed by atoms with Gasteiger partial charge in [-0.2, -0.15) is 0 Å². The Morgan fingerprint density at radius 2 is 1.77 bits per heavy atom. The van der Waals surface area contributed by atoms with Crippen molar-refractivity contribution in [3.05, 3.63) is 53.1 Å². The molecule has 2 heterocycles. The molecule has 112 valence electrons. The van der Waals surface area contributed by atoms with E-state index in [1.165, 1.54) is 0 Å². The predicted octanol–water partition coefficient (Wildman–Crippen LogP) is 3.47. The molecule has 0 fully saturated rings. The molecule has 0 bridgehead atoms. The van der Waals surface area contributed by atoms with E-state index in [2.05, 4.69) is 0 Å². The smallest absolute Gasteiger partial charge is 0.170 e. The number of fused-ring (bicyclic) bond motifs is 2. The van der Waals surface area contributed by atoms with Crippen molar-refractivity contribution >= 4 is 5.78 Å². The maximum Gasteiger partial charge on any atom is 0.170 e. The third-order valence-corrected chi connectivity index (χ3v) is 4.02. The highest BCUT2D eigenvalue weighted by atomic mass is 16.6. The lowest BCUT2D eigenvalue weighted by atomic mass is 9.95. The molecule has 0 N–H and O–H groups in total. The molecule has 2 aliphatic rings. The molecule has 0 radical (unpaired) electrons. The van der Waals surface area contributed by atoms with E-state index in [0.29, 0.717) is 30.9 Å². The fraction of sp³-hybridized carbons (Fsp3) is 0.278. The number of Topliss-reactive ketones (excluding diaryl/α,β-unsaturated/α-hetero) is 1. The first-order valence-electron chi connectivity index (χ1n) is 7.41. The lowest BCUT2D eigenvalue weighted by Crippen LogP contribution is -2.21. The van der Waals surface area contributed by atoms with Crippen LogP contribution >= 0.6 is 0 Å². The quantitative estimate of drug-likeness (QED) is 0.808. The minimum absolute atomic E-state index is 0.112. The zero-order valence-corrected chi connectivity index (χ0v) is 12.3. The van der Waals surface area contributed by atoms with Crippen molar-refractivity contribution < 1.29 is 19.0 Å². The second-order valence-electron chi connectivity index (χ2n) is 5.64. The molecule has 0 aliphatic carbocycles. The Labute approximate surface area is 128 Å². The van der Waals surface area contributed by atoms with Crippen molar-refractivity contribution in [3.8, 4) is 17.2 Å². The van der Waals surface area contributed by atoms with E-state index in [0.717, 1.165) is 22.6 Å². The summed E-state index contributed by atoms with van der Waals surface area (Å²) < 4.78 is 17.2. The molecule has 2 aromatic rings. The Balaban J connectivity index is 1.68. The summed E-state index contributed by atoms with van der Waals surface area (Å²) in [5.41, 5.74) is 2.68. The van der Waals surface area contributed by atoms with Gasteiger partial charge in [-0.25, -0.2) is 0 Å². The van der Waals surface area contributed by atoms with Gasteiger partial charge >= 0.3 is 0 Å². The summed E-state index contributed by atoms with van der Waals surface area (Å²) >= 11 is 0. The Bertz CT molecular complexity index is 751. The summed E-state index contributed by atoms with van der Waals surface area (Å²) in [5, 5.41) is 0. The van der Waals surface area contributed by atoms with Crippen molar-refractivity contribution in [3.63, 3.8) is 0 Å². The first kappa shape index (κ1) is 13.2. The summed E-state index contributed by atoms with van der Waals surface area (Å²) in [4.78, 5) is 12.3. The summed E-state index contributed by atoms with van der Waals surface area (Å²) in [6.07, 6.45) is 0.0630. The summed E-state index contributed by atoms with van der Waals surface area (Å²) in [6.45, 7) is 3.10. The molecule has 0 saturated carbocycles. The maximum atomic E-state index is 12.3. The van der Waals surface area contributed by atoms with E-state index in [-0.39, 0.29) is 11.9 Å². The highest BCUT2D eigenvalue weighted by Gasteiger charge is 2.28. The highest BCUT2D eigenvalue weighted by Crippen LogP contribution is 2.39. The van der Waals surface area contributed by atoms with Crippen molar-refractivity contribution in [2.24, 2.45) is 0 Å². The van der Waals surface area contributed by atoms with Gasteiger partial charge in [0.25, 0.3) is 0 Å². The van der Waals surface area contributed by atoms with Gasteiger partial charge in [0.05, 0.1) is 12.0 Å². The molecule has 4 rings (SSSR count). The van der Waals surface area contributed by atoms with Gasteiger partial charge in [0.15, 0.2) is 17.3 Å². The number of ether oxygens (including phenoxy) is 3. The third kappa shape index (κ3) is 2.21. The van der Waals surface area contributed by atoms with Crippen LogP contribution in [0.25, 0.3) is 0 Å². The maximum absolute atomic E-state index is 12.3. The zero-order chi connectivity index (χ0) is 15.1. The molecule has 4 heteroatoms. The van der Waals surface area contributed by atoms with Gasteiger partial charge in [0, 0.05) is 0 Å². The van der Waals surface area contributed by atoms with Gasteiger partial charge in [-0.05, 0) is 42.3 Å². The molecule has 0 unspecified atom stereocenters. The summed E-state index contributed by atoms with van der Waals surface area (Å²) in [7, 11) is 0. The van der Waals surface area contributed by atoms with E-state index in [1.54, 1.807) is 0 Å². The number of aryl methyl sites for hydroxylation is 1. The fourth-order valence-electron chi connectivity index (χ4n) is 2.88. The van der Waals surface area contributed by atoms with Crippen LogP contribution in [0.5, 0.6) is 17.2 Å². The molecule has 2 aliphatic heterocycles. The van der Waals surface area contributed by atoms with Gasteiger partial charge in [0.2, 0.25) is 0 Å². The zero-order valence-electron chi connectivity index (χ0n) is 12.3. The van der Waals surface area contributed by atoms with Crippen LogP contribution in [0.2, 0.25) is 0 Å². The summed E-state index contributed by atoms with van der Waals surface area (Å²) in [5.74, 6) is 2.24. The van der Waals surface area contributed by atoms with Crippen LogP contribution in [0.3, 0.4) is 0 Å². The van der Waals surface area contributed by atoms with Crippen LogP contribution in [-0.2, 0) is 0 Å². The normalized spacial score (nSPS) is 19.3. The third-order valence-electron chi connectivity index (χ3n) is 4.02. The average molecular weight is 296 g/mol. The van der Waals surface area contributed by atoms with E-state index < -0.39 is 0 Å². The van der Waals surface area contributed by atoms with Crippen molar-refractivity contribution in [2.75, 3.05) is 13.2 Å². The van der Waals surface area contributed by atoms with Gasteiger partial charge in [0.1, 0.15) is 25.1 Å². The minimum atomic E-state index is -0.280. The highest BCUT2D eigenvalue weighted by molar-refractivity contribution is 6.00. The number of carbonyl (C=O) groups is 1. The number of hydrogen-bond donors (Lipinski definition) is 0. The van der Waals surface area contributed by atoms with Crippen LogP contribution < -0.4 is 14.2 Å². The average Bonchev–Trinajstić information content (AvgIpc) is 2.54. The molecule has 0 spiro atoms. The van der Waals surface area contributed by atoms with Crippen LogP contribution in [0.15, 0.2) is 36.4 Å². The van der Waals surface area contributed by atoms with Crippen LogP contribution in [0, 0.1) is 6.92 Å². The first-order valence-corrected chi connectivity index (χ1v) is 7.41. The Kier molecular flexibility index (Phi) is 3.03. The molecule has 22 heavy (non-hydrogen) atoms. The molecular formula is C18H16O4. The molecular weight excluding hydrogens is 280 g/mol. The largest absolute Gasteiger partial charge is 0.486 e. The topological polar surface area (TPSA) is 44.8 Å². The van der Waals surface area contributed by atoms with E-state index >= 15 is 0 Å². The number of rotatable bonds is 1. The number of carbonyl (C=O) groups excluding carboxylic acids is 1. The number of benzene rings is 2. The Hall–Kier alpha value is -2.49.